The standard InChI is InChI=1S/C22H30ClFN2O4/c1-21(2,3)30-20(29)26-22(10-6-4-5-7-11-22)14-25-19(28)18(27)13-15-8-9-16(23)17(24)12-15/h8-9,12H,4-7,10-11,13-14H2,1-3H3,(H,25,28)(H,26,29). The highest BCUT2D eigenvalue weighted by molar-refractivity contribution is 6.36. The maximum atomic E-state index is 13.6. The molecule has 0 atom stereocenters. The normalized spacial score (nSPS) is 16.3. The summed E-state index contributed by atoms with van der Waals surface area (Å²) in [6, 6.07) is 4.00. The second-order valence-corrected chi connectivity index (χ2v) is 9.26. The zero-order valence-electron chi connectivity index (χ0n) is 17.8. The lowest BCUT2D eigenvalue weighted by molar-refractivity contribution is -0.137. The number of carbonyl (C=O) groups is 3. The zero-order valence-corrected chi connectivity index (χ0v) is 18.5. The van der Waals surface area contributed by atoms with Gasteiger partial charge in [-0.3, -0.25) is 9.59 Å². The monoisotopic (exact) mass is 440 g/mol. The van der Waals surface area contributed by atoms with Crippen LogP contribution in [0.3, 0.4) is 0 Å². The maximum absolute atomic E-state index is 13.6. The molecule has 0 spiro atoms. The van der Waals surface area contributed by atoms with Crippen LogP contribution in [0.1, 0.15) is 64.9 Å². The van der Waals surface area contributed by atoms with Crippen LogP contribution in [-0.2, 0) is 20.7 Å². The first-order valence-corrected chi connectivity index (χ1v) is 10.6. The molecule has 1 aromatic carbocycles. The third-order valence-corrected chi connectivity index (χ3v) is 5.32. The number of carbonyl (C=O) groups excluding carboxylic acids is 3. The molecule has 0 saturated heterocycles. The Bertz CT molecular complexity index is 784. The van der Waals surface area contributed by atoms with Gasteiger partial charge in [-0.2, -0.15) is 0 Å². The van der Waals surface area contributed by atoms with Crippen LogP contribution in [-0.4, -0.2) is 35.5 Å². The second kappa shape index (κ2) is 10.2. The van der Waals surface area contributed by atoms with Gasteiger partial charge in [0.05, 0.1) is 10.6 Å². The molecule has 2 rings (SSSR count). The maximum Gasteiger partial charge on any atom is 0.408 e. The van der Waals surface area contributed by atoms with E-state index >= 15 is 0 Å². The molecule has 0 aliphatic heterocycles. The molecule has 8 heteroatoms. The average Bonchev–Trinajstić information content (AvgIpc) is 2.87. The van der Waals surface area contributed by atoms with Gasteiger partial charge in [0.2, 0.25) is 5.78 Å². The van der Waals surface area contributed by atoms with E-state index in [1.165, 1.54) is 12.1 Å². The number of amides is 2. The van der Waals surface area contributed by atoms with E-state index in [-0.39, 0.29) is 18.0 Å². The number of benzene rings is 1. The summed E-state index contributed by atoms with van der Waals surface area (Å²) in [6.07, 6.45) is 4.51. The van der Waals surface area contributed by atoms with Crippen LogP contribution in [0.2, 0.25) is 5.02 Å². The Morgan fingerprint density at radius 2 is 1.77 bits per heavy atom. The van der Waals surface area contributed by atoms with Crippen molar-refractivity contribution in [2.75, 3.05) is 6.54 Å². The molecule has 1 saturated carbocycles. The molecule has 2 N–H and O–H groups in total. The van der Waals surface area contributed by atoms with Crippen molar-refractivity contribution in [2.45, 2.75) is 76.9 Å². The summed E-state index contributed by atoms with van der Waals surface area (Å²) in [6.45, 7) is 5.48. The number of halogens is 2. The highest BCUT2D eigenvalue weighted by Crippen LogP contribution is 2.27. The van der Waals surface area contributed by atoms with Crippen molar-refractivity contribution in [1.82, 2.24) is 10.6 Å². The van der Waals surface area contributed by atoms with Gasteiger partial charge in [-0.05, 0) is 51.3 Å². The molecular weight excluding hydrogens is 411 g/mol. The minimum Gasteiger partial charge on any atom is -0.444 e. The van der Waals surface area contributed by atoms with Crippen molar-refractivity contribution in [3.05, 3.63) is 34.6 Å². The molecule has 2 amide bonds. The fraction of sp³-hybridized carbons (Fsp3) is 0.591. The number of nitrogens with one attached hydrogen (secondary N) is 2. The molecule has 0 bridgehead atoms. The predicted octanol–water partition coefficient (Wildman–Crippen LogP) is 4.32. The third-order valence-electron chi connectivity index (χ3n) is 5.02. The van der Waals surface area contributed by atoms with Crippen molar-refractivity contribution < 1.29 is 23.5 Å². The molecular formula is C22H30ClFN2O4. The van der Waals surface area contributed by atoms with Crippen molar-refractivity contribution >= 4 is 29.4 Å². The number of ketones is 1. The zero-order chi connectivity index (χ0) is 22.4. The van der Waals surface area contributed by atoms with Gasteiger partial charge in [0.15, 0.2) is 0 Å². The largest absolute Gasteiger partial charge is 0.444 e. The van der Waals surface area contributed by atoms with E-state index in [2.05, 4.69) is 10.6 Å². The number of alkyl carbamates (subject to hydrolysis) is 1. The quantitative estimate of drug-likeness (QED) is 0.509. The minimum atomic E-state index is -0.764. The number of hydrogen-bond acceptors (Lipinski definition) is 4. The highest BCUT2D eigenvalue weighted by atomic mass is 35.5. The molecule has 0 radical (unpaired) electrons. The highest BCUT2D eigenvalue weighted by Gasteiger charge is 2.35. The number of ether oxygens (including phenoxy) is 1. The van der Waals surface area contributed by atoms with Crippen LogP contribution in [0.5, 0.6) is 0 Å². The van der Waals surface area contributed by atoms with E-state index < -0.39 is 34.7 Å². The Labute approximate surface area is 181 Å². The van der Waals surface area contributed by atoms with Gasteiger partial charge in [-0.15, -0.1) is 0 Å². The third kappa shape index (κ3) is 7.59. The van der Waals surface area contributed by atoms with Crippen molar-refractivity contribution in [2.24, 2.45) is 0 Å². The van der Waals surface area contributed by atoms with Gasteiger partial charge in [0.25, 0.3) is 5.91 Å². The first-order chi connectivity index (χ1) is 14.0. The first kappa shape index (κ1) is 24.1. The fourth-order valence-corrected chi connectivity index (χ4v) is 3.65. The van der Waals surface area contributed by atoms with Gasteiger partial charge in [0.1, 0.15) is 11.4 Å². The SMILES string of the molecule is CC(C)(C)OC(=O)NC1(CNC(=O)C(=O)Cc2ccc(Cl)c(F)c2)CCCCCC1. The average molecular weight is 441 g/mol. The summed E-state index contributed by atoms with van der Waals surface area (Å²) in [5.74, 6) is -2.08. The van der Waals surface area contributed by atoms with Gasteiger partial charge in [0, 0.05) is 13.0 Å². The van der Waals surface area contributed by atoms with Crippen LogP contribution < -0.4 is 10.6 Å². The van der Waals surface area contributed by atoms with Gasteiger partial charge < -0.3 is 15.4 Å². The first-order valence-electron chi connectivity index (χ1n) is 10.3. The Kier molecular flexibility index (Phi) is 8.24. The predicted molar refractivity (Wildman–Crippen MR) is 113 cm³/mol. The molecule has 30 heavy (non-hydrogen) atoms. The van der Waals surface area contributed by atoms with E-state index in [1.54, 1.807) is 20.8 Å². The van der Waals surface area contributed by atoms with Crippen LogP contribution in [0.4, 0.5) is 9.18 Å². The molecule has 1 fully saturated rings. The van der Waals surface area contributed by atoms with Crippen molar-refractivity contribution in [1.29, 1.82) is 0 Å². The molecule has 1 aliphatic carbocycles. The molecule has 0 unspecified atom stereocenters. The smallest absolute Gasteiger partial charge is 0.408 e. The number of rotatable bonds is 6. The molecule has 0 heterocycles. The Morgan fingerprint density at radius 1 is 1.13 bits per heavy atom. The van der Waals surface area contributed by atoms with Crippen molar-refractivity contribution in [3.63, 3.8) is 0 Å². The number of Topliss-reactive ketones (excluding diaryl/α,β-unsaturated/α-hetero) is 1. The van der Waals surface area contributed by atoms with E-state index in [9.17, 15) is 18.8 Å². The second-order valence-electron chi connectivity index (χ2n) is 8.85. The topological polar surface area (TPSA) is 84.5 Å². The Balaban J connectivity index is 2.00. The summed E-state index contributed by atoms with van der Waals surface area (Å²) < 4.78 is 18.9. The molecule has 1 aliphatic rings. The van der Waals surface area contributed by atoms with Gasteiger partial charge >= 0.3 is 6.09 Å². The number of hydrogen-bond donors (Lipinski definition) is 2. The molecule has 6 nitrogen and oxygen atoms in total. The summed E-state index contributed by atoms with van der Waals surface area (Å²) in [5, 5.41) is 5.55. The minimum absolute atomic E-state index is 0.0424. The van der Waals surface area contributed by atoms with E-state index in [0.29, 0.717) is 18.4 Å². The van der Waals surface area contributed by atoms with Crippen LogP contribution in [0, 0.1) is 5.82 Å². The Morgan fingerprint density at radius 3 is 2.33 bits per heavy atom. The van der Waals surface area contributed by atoms with E-state index in [4.69, 9.17) is 16.3 Å². The molecule has 1 aromatic rings. The lowest BCUT2D eigenvalue weighted by Gasteiger charge is -2.35. The summed E-state index contributed by atoms with van der Waals surface area (Å²) in [7, 11) is 0. The summed E-state index contributed by atoms with van der Waals surface area (Å²) in [4.78, 5) is 37.0. The van der Waals surface area contributed by atoms with Gasteiger partial charge in [-0.1, -0.05) is 43.4 Å². The van der Waals surface area contributed by atoms with Crippen LogP contribution >= 0.6 is 11.6 Å². The van der Waals surface area contributed by atoms with E-state index in [1.807, 2.05) is 0 Å². The van der Waals surface area contributed by atoms with Crippen LogP contribution in [0.15, 0.2) is 18.2 Å². The summed E-state index contributed by atoms with van der Waals surface area (Å²) in [5.41, 5.74) is -0.933. The lowest BCUT2D eigenvalue weighted by Crippen LogP contribution is -2.57. The molecule has 166 valence electrons. The van der Waals surface area contributed by atoms with Crippen LogP contribution in [0.25, 0.3) is 0 Å². The Hall–Kier alpha value is -2.15. The fourth-order valence-electron chi connectivity index (χ4n) is 3.53. The lowest BCUT2D eigenvalue weighted by atomic mass is 9.90. The van der Waals surface area contributed by atoms with Crippen molar-refractivity contribution in [3.8, 4) is 0 Å². The summed E-state index contributed by atoms with van der Waals surface area (Å²) >= 11 is 5.64. The molecule has 0 aromatic heterocycles. The van der Waals surface area contributed by atoms with E-state index in [0.717, 1.165) is 31.7 Å². The van der Waals surface area contributed by atoms with Gasteiger partial charge in [-0.25, -0.2) is 9.18 Å².